The Morgan fingerprint density at radius 2 is 2.17 bits per heavy atom. The minimum Gasteiger partial charge on any atom is -0.382 e. The summed E-state index contributed by atoms with van der Waals surface area (Å²) in [5, 5.41) is 3.47. The SMILES string of the molecule is CCOCCCNCCN1CC(C)OC(C)(C)C1. The highest BCUT2D eigenvalue weighted by Crippen LogP contribution is 2.20. The third kappa shape index (κ3) is 6.69. The van der Waals surface area contributed by atoms with E-state index in [0.717, 1.165) is 52.4 Å². The van der Waals surface area contributed by atoms with E-state index in [1.54, 1.807) is 0 Å². The highest BCUT2D eigenvalue weighted by molar-refractivity contribution is 4.82. The molecule has 18 heavy (non-hydrogen) atoms. The summed E-state index contributed by atoms with van der Waals surface area (Å²) < 4.78 is 11.2. The van der Waals surface area contributed by atoms with Crippen molar-refractivity contribution < 1.29 is 9.47 Å². The standard InChI is InChI=1S/C14H30N2O2/c1-5-17-10-6-7-15-8-9-16-11-13(2)18-14(3,4)12-16/h13,15H,5-12H2,1-4H3. The normalized spacial score (nSPS) is 24.3. The molecule has 0 spiro atoms. The Hall–Kier alpha value is -0.160. The molecule has 0 amide bonds. The van der Waals surface area contributed by atoms with Gasteiger partial charge in [0.05, 0.1) is 11.7 Å². The monoisotopic (exact) mass is 258 g/mol. The Balaban J connectivity index is 2.04. The van der Waals surface area contributed by atoms with E-state index < -0.39 is 0 Å². The number of hydrogen-bond donors (Lipinski definition) is 1. The van der Waals surface area contributed by atoms with Gasteiger partial charge in [-0.15, -0.1) is 0 Å². The molecular formula is C14H30N2O2. The quantitative estimate of drug-likeness (QED) is 0.669. The number of hydrogen-bond acceptors (Lipinski definition) is 4. The second-order valence-corrected chi connectivity index (χ2v) is 5.72. The summed E-state index contributed by atoms with van der Waals surface area (Å²) in [6.07, 6.45) is 1.44. The van der Waals surface area contributed by atoms with Gasteiger partial charge in [-0.05, 0) is 40.7 Å². The zero-order valence-corrected chi connectivity index (χ0v) is 12.5. The summed E-state index contributed by atoms with van der Waals surface area (Å²) in [6, 6.07) is 0. The predicted octanol–water partition coefficient (Wildman–Crippen LogP) is 1.50. The van der Waals surface area contributed by atoms with Gasteiger partial charge in [0, 0.05) is 39.4 Å². The summed E-state index contributed by atoms with van der Waals surface area (Å²) in [6.45, 7) is 15.5. The van der Waals surface area contributed by atoms with E-state index in [-0.39, 0.29) is 5.60 Å². The van der Waals surface area contributed by atoms with Crippen LogP contribution in [-0.2, 0) is 9.47 Å². The molecule has 0 aromatic carbocycles. The van der Waals surface area contributed by atoms with Gasteiger partial charge in [0.2, 0.25) is 0 Å². The van der Waals surface area contributed by atoms with Crippen LogP contribution < -0.4 is 5.32 Å². The average Bonchev–Trinajstić information content (AvgIpc) is 2.25. The first-order valence-corrected chi connectivity index (χ1v) is 7.22. The van der Waals surface area contributed by atoms with E-state index in [1.165, 1.54) is 0 Å². The van der Waals surface area contributed by atoms with Gasteiger partial charge in [0.15, 0.2) is 0 Å². The molecule has 1 rings (SSSR count). The van der Waals surface area contributed by atoms with Crippen LogP contribution >= 0.6 is 0 Å². The lowest BCUT2D eigenvalue weighted by Crippen LogP contribution is -2.53. The molecule has 1 aliphatic rings. The summed E-state index contributed by atoms with van der Waals surface area (Å²) >= 11 is 0. The Morgan fingerprint density at radius 3 is 2.83 bits per heavy atom. The zero-order chi connectivity index (χ0) is 13.4. The molecule has 1 atom stereocenters. The van der Waals surface area contributed by atoms with Crippen molar-refractivity contribution in [1.82, 2.24) is 10.2 Å². The molecule has 1 fully saturated rings. The molecule has 1 N–H and O–H groups in total. The van der Waals surface area contributed by atoms with Crippen LogP contribution in [0.2, 0.25) is 0 Å². The van der Waals surface area contributed by atoms with Gasteiger partial charge in [0.1, 0.15) is 0 Å². The minimum atomic E-state index is -0.00731. The van der Waals surface area contributed by atoms with E-state index in [9.17, 15) is 0 Å². The van der Waals surface area contributed by atoms with Crippen LogP contribution in [0.4, 0.5) is 0 Å². The smallest absolute Gasteiger partial charge is 0.0757 e. The Labute approximate surface area is 112 Å². The Morgan fingerprint density at radius 1 is 1.39 bits per heavy atom. The summed E-state index contributed by atoms with van der Waals surface area (Å²) in [7, 11) is 0. The van der Waals surface area contributed by atoms with Crippen LogP contribution in [0.1, 0.15) is 34.1 Å². The molecule has 0 saturated carbocycles. The molecule has 1 saturated heterocycles. The first-order chi connectivity index (χ1) is 8.53. The van der Waals surface area contributed by atoms with Gasteiger partial charge in [0.25, 0.3) is 0 Å². The molecule has 0 bridgehead atoms. The summed E-state index contributed by atoms with van der Waals surface area (Å²) in [4.78, 5) is 2.49. The fourth-order valence-corrected chi connectivity index (χ4v) is 2.56. The molecule has 4 nitrogen and oxygen atoms in total. The first kappa shape index (κ1) is 15.9. The summed E-state index contributed by atoms with van der Waals surface area (Å²) in [5.74, 6) is 0. The fourth-order valence-electron chi connectivity index (χ4n) is 2.56. The van der Waals surface area contributed by atoms with E-state index in [2.05, 4.69) is 31.0 Å². The lowest BCUT2D eigenvalue weighted by Gasteiger charge is -2.41. The molecule has 1 unspecified atom stereocenters. The van der Waals surface area contributed by atoms with Crippen molar-refractivity contribution in [2.45, 2.75) is 45.8 Å². The largest absolute Gasteiger partial charge is 0.382 e. The van der Waals surface area contributed by atoms with Crippen LogP contribution in [0.25, 0.3) is 0 Å². The van der Waals surface area contributed by atoms with Gasteiger partial charge in [-0.3, -0.25) is 4.90 Å². The van der Waals surface area contributed by atoms with Gasteiger partial charge < -0.3 is 14.8 Å². The maximum Gasteiger partial charge on any atom is 0.0757 e. The highest BCUT2D eigenvalue weighted by atomic mass is 16.5. The molecule has 108 valence electrons. The van der Waals surface area contributed by atoms with Crippen molar-refractivity contribution in [3.05, 3.63) is 0 Å². The van der Waals surface area contributed by atoms with Crippen LogP contribution in [0.3, 0.4) is 0 Å². The van der Waals surface area contributed by atoms with Gasteiger partial charge in [-0.2, -0.15) is 0 Å². The molecule has 0 aromatic rings. The van der Waals surface area contributed by atoms with Gasteiger partial charge in [-0.1, -0.05) is 0 Å². The molecule has 4 heteroatoms. The molecule has 0 radical (unpaired) electrons. The van der Waals surface area contributed by atoms with Crippen LogP contribution in [0.15, 0.2) is 0 Å². The Bertz CT molecular complexity index is 222. The number of ether oxygens (including phenoxy) is 2. The topological polar surface area (TPSA) is 33.7 Å². The second kappa shape index (κ2) is 8.10. The van der Waals surface area contributed by atoms with Crippen molar-refractivity contribution in [2.24, 2.45) is 0 Å². The number of morpholine rings is 1. The highest BCUT2D eigenvalue weighted by Gasteiger charge is 2.30. The van der Waals surface area contributed by atoms with Gasteiger partial charge >= 0.3 is 0 Å². The molecule has 1 aliphatic heterocycles. The Kier molecular flexibility index (Phi) is 7.15. The number of nitrogens with one attached hydrogen (secondary N) is 1. The van der Waals surface area contributed by atoms with E-state index in [4.69, 9.17) is 9.47 Å². The van der Waals surface area contributed by atoms with Crippen LogP contribution in [0.5, 0.6) is 0 Å². The molecule has 1 heterocycles. The van der Waals surface area contributed by atoms with E-state index in [0.29, 0.717) is 6.10 Å². The molecule has 0 aromatic heterocycles. The minimum absolute atomic E-state index is 0.00731. The van der Waals surface area contributed by atoms with Crippen molar-refractivity contribution >= 4 is 0 Å². The predicted molar refractivity (Wildman–Crippen MR) is 75.0 cm³/mol. The van der Waals surface area contributed by atoms with Crippen LogP contribution in [0, 0.1) is 0 Å². The van der Waals surface area contributed by atoms with Crippen molar-refractivity contribution in [2.75, 3.05) is 45.9 Å². The maximum atomic E-state index is 5.90. The lowest BCUT2D eigenvalue weighted by molar-refractivity contribution is -0.128. The number of rotatable bonds is 8. The lowest BCUT2D eigenvalue weighted by atomic mass is 10.1. The molecular weight excluding hydrogens is 228 g/mol. The third-order valence-electron chi connectivity index (χ3n) is 3.09. The number of nitrogens with zero attached hydrogens (tertiary/aromatic N) is 1. The first-order valence-electron chi connectivity index (χ1n) is 7.22. The van der Waals surface area contributed by atoms with Crippen molar-refractivity contribution in [3.63, 3.8) is 0 Å². The molecule has 0 aliphatic carbocycles. The summed E-state index contributed by atoms with van der Waals surface area (Å²) in [5.41, 5.74) is -0.00731. The van der Waals surface area contributed by atoms with E-state index in [1.807, 2.05) is 6.92 Å². The van der Waals surface area contributed by atoms with E-state index >= 15 is 0 Å². The average molecular weight is 258 g/mol. The van der Waals surface area contributed by atoms with Crippen LogP contribution in [-0.4, -0.2) is 62.5 Å². The maximum absolute atomic E-state index is 5.90. The van der Waals surface area contributed by atoms with Gasteiger partial charge in [-0.25, -0.2) is 0 Å². The second-order valence-electron chi connectivity index (χ2n) is 5.72. The fraction of sp³-hybridized carbons (Fsp3) is 1.00. The third-order valence-corrected chi connectivity index (χ3v) is 3.09. The zero-order valence-electron chi connectivity index (χ0n) is 12.5. The van der Waals surface area contributed by atoms with Crippen molar-refractivity contribution in [1.29, 1.82) is 0 Å². The van der Waals surface area contributed by atoms with Crippen molar-refractivity contribution in [3.8, 4) is 0 Å².